The summed E-state index contributed by atoms with van der Waals surface area (Å²) in [6, 6.07) is -0.0739. The fourth-order valence-electron chi connectivity index (χ4n) is 1.71. The van der Waals surface area contributed by atoms with Crippen LogP contribution in [-0.4, -0.2) is 47.8 Å². The van der Waals surface area contributed by atoms with Crippen LogP contribution >= 0.6 is 11.8 Å². The number of carbonyl (C=O) groups is 1. The number of rotatable bonds is 4. The van der Waals surface area contributed by atoms with Gasteiger partial charge in [0.15, 0.2) is 0 Å². The van der Waals surface area contributed by atoms with E-state index >= 15 is 0 Å². The number of thioether (sulfide) groups is 1. The molecule has 0 spiro atoms. The lowest BCUT2D eigenvalue weighted by Crippen LogP contribution is -2.50. The predicted octanol–water partition coefficient (Wildman–Crippen LogP) is -0.422. The van der Waals surface area contributed by atoms with Gasteiger partial charge in [-0.3, -0.25) is 4.79 Å². The maximum atomic E-state index is 11.6. The first-order valence-corrected chi connectivity index (χ1v) is 6.70. The van der Waals surface area contributed by atoms with Gasteiger partial charge in [-0.2, -0.15) is 11.8 Å². The molecule has 0 bridgehead atoms. The standard InChI is InChI=1S/C10H18N2O2S/c13-9(7-1-2-7)5-12-10(14)8-6-15-4-3-11-8/h7-9,11,13H,1-6H2,(H,12,14). The minimum Gasteiger partial charge on any atom is -0.391 e. The maximum Gasteiger partial charge on any atom is 0.238 e. The summed E-state index contributed by atoms with van der Waals surface area (Å²) in [5.41, 5.74) is 0. The Bertz CT molecular complexity index is 227. The van der Waals surface area contributed by atoms with E-state index in [1.54, 1.807) is 11.8 Å². The molecule has 1 saturated carbocycles. The number of carbonyl (C=O) groups excluding carboxylic acids is 1. The van der Waals surface area contributed by atoms with Crippen LogP contribution in [0.15, 0.2) is 0 Å². The molecule has 0 aromatic heterocycles. The summed E-state index contributed by atoms with van der Waals surface area (Å²) in [5, 5.41) is 15.6. The molecule has 1 aliphatic carbocycles. The molecule has 1 heterocycles. The van der Waals surface area contributed by atoms with E-state index in [2.05, 4.69) is 10.6 Å². The van der Waals surface area contributed by atoms with Gasteiger partial charge < -0.3 is 15.7 Å². The zero-order valence-electron chi connectivity index (χ0n) is 8.74. The molecule has 86 valence electrons. The lowest BCUT2D eigenvalue weighted by molar-refractivity contribution is -0.123. The molecule has 2 rings (SSSR count). The van der Waals surface area contributed by atoms with Crippen molar-refractivity contribution >= 4 is 17.7 Å². The van der Waals surface area contributed by atoms with Gasteiger partial charge in [-0.05, 0) is 18.8 Å². The number of hydrogen-bond acceptors (Lipinski definition) is 4. The summed E-state index contributed by atoms with van der Waals surface area (Å²) in [6.07, 6.45) is 1.87. The summed E-state index contributed by atoms with van der Waals surface area (Å²) in [7, 11) is 0. The van der Waals surface area contributed by atoms with E-state index in [4.69, 9.17) is 0 Å². The maximum absolute atomic E-state index is 11.6. The van der Waals surface area contributed by atoms with Gasteiger partial charge in [-0.1, -0.05) is 0 Å². The molecule has 2 unspecified atom stereocenters. The molecular weight excluding hydrogens is 212 g/mol. The monoisotopic (exact) mass is 230 g/mol. The van der Waals surface area contributed by atoms with E-state index < -0.39 is 0 Å². The molecule has 5 heteroatoms. The van der Waals surface area contributed by atoms with Gasteiger partial charge in [0.05, 0.1) is 12.1 Å². The van der Waals surface area contributed by atoms with Crippen molar-refractivity contribution in [2.24, 2.45) is 5.92 Å². The van der Waals surface area contributed by atoms with Gasteiger partial charge in [0.25, 0.3) is 0 Å². The molecule has 15 heavy (non-hydrogen) atoms. The Balaban J connectivity index is 1.66. The molecule has 1 amide bonds. The summed E-state index contributed by atoms with van der Waals surface area (Å²) in [5.74, 6) is 2.38. The lowest BCUT2D eigenvalue weighted by Gasteiger charge is -2.22. The van der Waals surface area contributed by atoms with Crippen LogP contribution in [0.4, 0.5) is 0 Å². The molecule has 0 radical (unpaired) electrons. The van der Waals surface area contributed by atoms with Crippen LogP contribution in [-0.2, 0) is 4.79 Å². The SMILES string of the molecule is O=C(NCC(O)C1CC1)C1CSCCN1. The van der Waals surface area contributed by atoms with Crippen LogP contribution in [0.25, 0.3) is 0 Å². The van der Waals surface area contributed by atoms with Crippen molar-refractivity contribution in [1.82, 2.24) is 10.6 Å². The number of aliphatic hydroxyl groups excluding tert-OH is 1. The normalized spacial score (nSPS) is 28.5. The highest BCUT2D eigenvalue weighted by molar-refractivity contribution is 7.99. The van der Waals surface area contributed by atoms with Crippen LogP contribution in [0, 0.1) is 5.92 Å². The van der Waals surface area contributed by atoms with Gasteiger partial charge >= 0.3 is 0 Å². The molecule has 0 aromatic rings. The second kappa shape index (κ2) is 5.18. The third-order valence-electron chi connectivity index (χ3n) is 2.89. The third-order valence-corrected chi connectivity index (χ3v) is 3.95. The van der Waals surface area contributed by atoms with Crippen molar-refractivity contribution in [1.29, 1.82) is 0 Å². The van der Waals surface area contributed by atoms with Crippen molar-refractivity contribution in [3.05, 3.63) is 0 Å². The zero-order chi connectivity index (χ0) is 10.7. The average Bonchev–Trinajstić information content (AvgIpc) is 3.10. The minimum absolute atomic E-state index is 0.0295. The molecule has 4 nitrogen and oxygen atoms in total. The number of aliphatic hydroxyl groups is 1. The lowest BCUT2D eigenvalue weighted by atomic mass is 10.2. The Kier molecular flexibility index (Phi) is 3.88. The molecule has 0 aromatic carbocycles. The smallest absolute Gasteiger partial charge is 0.238 e. The molecule has 2 aliphatic rings. The quantitative estimate of drug-likeness (QED) is 0.614. The minimum atomic E-state index is -0.342. The van der Waals surface area contributed by atoms with Crippen molar-refractivity contribution in [2.45, 2.75) is 25.0 Å². The van der Waals surface area contributed by atoms with Gasteiger partial charge in [0.1, 0.15) is 0 Å². The summed E-state index contributed by atoms with van der Waals surface area (Å²) >= 11 is 1.80. The van der Waals surface area contributed by atoms with Crippen LogP contribution in [0.2, 0.25) is 0 Å². The average molecular weight is 230 g/mol. The Morgan fingerprint density at radius 3 is 3.00 bits per heavy atom. The zero-order valence-corrected chi connectivity index (χ0v) is 9.55. The highest BCUT2D eigenvalue weighted by Gasteiger charge is 2.30. The van der Waals surface area contributed by atoms with Crippen LogP contribution in [0.1, 0.15) is 12.8 Å². The fraction of sp³-hybridized carbons (Fsp3) is 0.900. The van der Waals surface area contributed by atoms with Crippen LogP contribution in [0.5, 0.6) is 0 Å². The van der Waals surface area contributed by atoms with Crippen LogP contribution < -0.4 is 10.6 Å². The number of amides is 1. The largest absolute Gasteiger partial charge is 0.391 e. The Morgan fingerprint density at radius 1 is 1.60 bits per heavy atom. The first kappa shape index (κ1) is 11.2. The fourth-order valence-corrected chi connectivity index (χ4v) is 2.64. The number of hydrogen-bond donors (Lipinski definition) is 3. The second-order valence-electron chi connectivity index (χ2n) is 4.23. The Hall–Kier alpha value is -0.260. The van der Waals surface area contributed by atoms with Gasteiger partial charge in [0.2, 0.25) is 5.91 Å². The van der Waals surface area contributed by atoms with E-state index in [0.717, 1.165) is 30.9 Å². The third kappa shape index (κ3) is 3.36. The molecule has 2 fully saturated rings. The van der Waals surface area contributed by atoms with Crippen molar-refractivity contribution < 1.29 is 9.90 Å². The van der Waals surface area contributed by atoms with Crippen molar-refractivity contribution in [2.75, 3.05) is 24.6 Å². The second-order valence-corrected chi connectivity index (χ2v) is 5.38. The Morgan fingerprint density at radius 2 is 2.40 bits per heavy atom. The predicted molar refractivity (Wildman–Crippen MR) is 60.9 cm³/mol. The first-order chi connectivity index (χ1) is 7.27. The number of nitrogens with one attached hydrogen (secondary N) is 2. The molecule has 3 N–H and O–H groups in total. The van der Waals surface area contributed by atoms with E-state index in [1.807, 2.05) is 0 Å². The highest BCUT2D eigenvalue weighted by Crippen LogP contribution is 2.32. The molecule has 2 atom stereocenters. The van der Waals surface area contributed by atoms with Gasteiger partial charge in [0, 0.05) is 24.6 Å². The van der Waals surface area contributed by atoms with Crippen molar-refractivity contribution in [3.63, 3.8) is 0 Å². The summed E-state index contributed by atoms with van der Waals surface area (Å²) in [4.78, 5) is 11.6. The molecule has 1 saturated heterocycles. The van der Waals surface area contributed by atoms with E-state index in [-0.39, 0.29) is 18.1 Å². The van der Waals surface area contributed by atoms with Gasteiger partial charge in [-0.25, -0.2) is 0 Å². The summed E-state index contributed by atoms with van der Waals surface area (Å²) < 4.78 is 0. The molecule has 1 aliphatic heterocycles. The summed E-state index contributed by atoms with van der Waals surface area (Å²) in [6.45, 7) is 1.31. The van der Waals surface area contributed by atoms with E-state index in [0.29, 0.717) is 12.5 Å². The molecular formula is C10H18N2O2S. The first-order valence-electron chi connectivity index (χ1n) is 5.54. The Labute approximate surface area is 94.2 Å². The topological polar surface area (TPSA) is 61.4 Å². The van der Waals surface area contributed by atoms with Crippen molar-refractivity contribution in [3.8, 4) is 0 Å². The highest BCUT2D eigenvalue weighted by atomic mass is 32.2. The van der Waals surface area contributed by atoms with Gasteiger partial charge in [-0.15, -0.1) is 0 Å². The van der Waals surface area contributed by atoms with E-state index in [1.165, 1.54) is 0 Å². The van der Waals surface area contributed by atoms with E-state index in [9.17, 15) is 9.90 Å². The van der Waals surface area contributed by atoms with Crippen LogP contribution in [0.3, 0.4) is 0 Å².